The number of unbranched alkanes of at least 4 members (excludes halogenated alkanes) is 14. The average Bonchev–Trinajstić information content (AvgIpc) is 2.91. The van der Waals surface area contributed by atoms with E-state index in [0.29, 0.717) is 0 Å². The molecule has 0 aliphatic heterocycles. The second kappa shape index (κ2) is 20.3. The Labute approximate surface area is 223 Å². The van der Waals surface area contributed by atoms with Crippen LogP contribution in [0.15, 0.2) is 58.3 Å². The van der Waals surface area contributed by atoms with Crippen LogP contribution in [-0.2, 0) is 10.8 Å². The van der Waals surface area contributed by atoms with Crippen molar-refractivity contribution in [3.63, 3.8) is 0 Å². The summed E-state index contributed by atoms with van der Waals surface area (Å²) in [5.41, 5.74) is 0. The Morgan fingerprint density at radius 3 is 1.11 bits per heavy atom. The standard InChI is InChI=1S/C32H50O3S/c1-3-5-7-9-11-13-15-17-27-34-29-19-23-31(24-20-29)36(33)32-25-21-30(22-26-32)35-28-18-16-14-12-10-8-6-4-2/h19-26H,3-18,27-28H2,1-2H3. The molecule has 2 aromatic carbocycles. The maximum Gasteiger partial charge on any atom is 0.119 e. The molecule has 0 bridgehead atoms. The first-order valence-electron chi connectivity index (χ1n) is 14.6. The highest BCUT2D eigenvalue weighted by Gasteiger charge is 2.08. The predicted molar refractivity (Wildman–Crippen MR) is 154 cm³/mol. The number of ether oxygens (including phenoxy) is 2. The summed E-state index contributed by atoms with van der Waals surface area (Å²) in [6, 6.07) is 15.4. The maximum absolute atomic E-state index is 13.0. The molecule has 0 saturated carbocycles. The molecule has 2 rings (SSSR count). The van der Waals surface area contributed by atoms with Crippen molar-refractivity contribution < 1.29 is 13.7 Å². The predicted octanol–water partition coefficient (Wildman–Crippen LogP) is 9.89. The lowest BCUT2D eigenvalue weighted by Crippen LogP contribution is -1.99. The van der Waals surface area contributed by atoms with Crippen LogP contribution >= 0.6 is 0 Å². The Bertz CT molecular complexity index is 734. The van der Waals surface area contributed by atoms with Crippen LogP contribution < -0.4 is 9.47 Å². The van der Waals surface area contributed by atoms with Crippen LogP contribution in [0.4, 0.5) is 0 Å². The van der Waals surface area contributed by atoms with E-state index in [-0.39, 0.29) is 0 Å². The third-order valence-corrected chi connectivity index (χ3v) is 8.01. The molecular weight excluding hydrogens is 464 g/mol. The lowest BCUT2D eigenvalue weighted by molar-refractivity contribution is 0.304. The summed E-state index contributed by atoms with van der Waals surface area (Å²) in [6.07, 6.45) is 20.7. The van der Waals surface area contributed by atoms with Gasteiger partial charge in [0.05, 0.1) is 24.0 Å². The van der Waals surface area contributed by atoms with Gasteiger partial charge in [-0.05, 0) is 61.4 Å². The molecule has 0 N–H and O–H groups in total. The van der Waals surface area contributed by atoms with Gasteiger partial charge in [-0.15, -0.1) is 0 Å². The third kappa shape index (κ3) is 13.5. The first kappa shape index (κ1) is 30.4. The number of rotatable bonds is 22. The number of hydrogen-bond acceptors (Lipinski definition) is 3. The van der Waals surface area contributed by atoms with E-state index >= 15 is 0 Å². The van der Waals surface area contributed by atoms with E-state index in [2.05, 4.69) is 13.8 Å². The Morgan fingerprint density at radius 1 is 0.472 bits per heavy atom. The zero-order valence-corrected chi connectivity index (χ0v) is 23.8. The molecule has 0 radical (unpaired) electrons. The molecule has 0 unspecified atom stereocenters. The minimum absolute atomic E-state index is 0.748. The molecule has 0 heterocycles. The number of benzene rings is 2. The van der Waals surface area contributed by atoms with Crippen molar-refractivity contribution in [2.24, 2.45) is 0 Å². The van der Waals surface area contributed by atoms with Gasteiger partial charge < -0.3 is 9.47 Å². The van der Waals surface area contributed by atoms with Gasteiger partial charge in [-0.1, -0.05) is 104 Å². The van der Waals surface area contributed by atoms with E-state index < -0.39 is 10.8 Å². The molecule has 0 amide bonds. The van der Waals surface area contributed by atoms with Gasteiger partial charge in [0.25, 0.3) is 0 Å². The SMILES string of the molecule is CCCCCCCCCCOc1ccc(S(=O)c2ccc(OCCCCCCCCCC)cc2)cc1. The fourth-order valence-corrected chi connectivity index (χ4v) is 5.35. The molecule has 36 heavy (non-hydrogen) atoms. The molecule has 0 aromatic heterocycles. The van der Waals surface area contributed by atoms with Crippen molar-refractivity contribution in [1.82, 2.24) is 0 Å². The monoisotopic (exact) mass is 514 g/mol. The Kier molecular flexibility index (Phi) is 17.1. The lowest BCUT2D eigenvalue weighted by atomic mass is 10.1. The van der Waals surface area contributed by atoms with Crippen molar-refractivity contribution in [3.8, 4) is 11.5 Å². The first-order valence-corrected chi connectivity index (χ1v) is 15.8. The van der Waals surface area contributed by atoms with E-state index in [1.54, 1.807) is 0 Å². The molecular formula is C32H50O3S. The van der Waals surface area contributed by atoms with E-state index in [9.17, 15) is 4.21 Å². The zero-order chi connectivity index (χ0) is 25.7. The molecule has 2 aromatic rings. The van der Waals surface area contributed by atoms with Gasteiger partial charge in [-0.3, -0.25) is 0 Å². The van der Waals surface area contributed by atoms with Gasteiger partial charge >= 0.3 is 0 Å². The molecule has 0 aliphatic carbocycles. The molecule has 0 fully saturated rings. The van der Waals surface area contributed by atoms with Crippen LogP contribution in [0.1, 0.15) is 117 Å². The fourth-order valence-electron chi connectivity index (χ4n) is 4.31. The largest absolute Gasteiger partial charge is 0.494 e. The van der Waals surface area contributed by atoms with Gasteiger partial charge in [0.15, 0.2) is 0 Å². The summed E-state index contributed by atoms with van der Waals surface area (Å²) in [4.78, 5) is 1.59. The van der Waals surface area contributed by atoms with Crippen LogP contribution in [0.2, 0.25) is 0 Å². The van der Waals surface area contributed by atoms with Gasteiger partial charge in [0, 0.05) is 9.79 Å². The average molecular weight is 515 g/mol. The Morgan fingerprint density at radius 2 is 0.778 bits per heavy atom. The van der Waals surface area contributed by atoms with Gasteiger partial charge in [-0.25, -0.2) is 4.21 Å². The van der Waals surface area contributed by atoms with Crippen molar-refractivity contribution in [3.05, 3.63) is 48.5 Å². The highest BCUT2D eigenvalue weighted by molar-refractivity contribution is 7.85. The molecule has 0 spiro atoms. The summed E-state index contributed by atoms with van der Waals surface area (Å²) >= 11 is 0. The molecule has 0 aliphatic rings. The second-order valence-corrected chi connectivity index (χ2v) is 11.3. The van der Waals surface area contributed by atoms with Crippen molar-refractivity contribution in [1.29, 1.82) is 0 Å². The fraction of sp³-hybridized carbons (Fsp3) is 0.625. The maximum atomic E-state index is 13.0. The van der Waals surface area contributed by atoms with Gasteiger partial charge in [-0.2, -0.15) is 0 Å². The van der Waals surface area contributed by atoms with Crippen molar-refractivity contribution >= 4 is 10.8 Å². The Hall–Kier alpha value is -1.81. The summed E-state index contributed by atoms with van der Waals surface area (Å²) in [5, 5.41) is 0. The topological polar surface area (TPSA) is 35.5 Å². The van der Waals surface area contributed by atoms with Crippen LogP contribution in [0, 0.1) is 0 Å². The highest BCUT2D eigenvalue weighted by Crippen LogP contribution is 2.22. The summed E-state index contributed by atoms with van der Waals surface area (Å²) < 4.78 is 24.7. The molecule has 4 heteroatoms. The number of hydrogen-bond donors (Lipinski definition) is 0. The zero-order valence-electron chi connectivity index (χ0n) is 23.0. The third-order valence-electron chi connectivity index (χ3n) is 6.61. The van der Waals surface area contributed by atoms with Crippen LogP contribution in [0.25, 0.3) is 0 Å². The van der Waals surface area contributed by atoms with Gasteiger partial charge in [0.2, 0.25) is 0 Å². The van der Waals surface area contributed by atoms with E-state index in [1.807, 2.05) is 48.5 Å². The quantitative estimate of drug-likeness (QED) is 0.147. The second-order valence-electron chi connectivity index (χ2n) is 9.86. The van der Waals surface area contributed by atoms with E-state index in [1.165, 1.54) is 89.9 Å². The summed E-state index contributed by atoms with van der Waals surface area (Å²) in [7, 11) is -1.20. The van der Waals surface area contributed by atoms with Crippen LogP contribution in [0.5, 0.6) is 11.5 Å². The summed E-state index contributed by atoms with van der Waals surface area (Å²) in [5.74, 6) is 1.70. The smallest absolute Gasteiger partial charge is 0.119 e. The molecule has 0 atom stereocenters. The van der Waals surface area contributed by atoms with E-state index in [4.69, 9.17) is 9.47 Å². The van der Waals surface area contributed by atoms with Crippen LogP contribution in [-0.4, -0.2) is 17.4 Å². The molecule has 0 saturated heterocycles. The van der Waals surface area contributed by atoms with Crippen molar-refractivity contribution in [2.75, 3.05) is 13.2 Å². The minimum atomic E-state index is -1.20. The molecule has 202 valence electrons. The molecule has 3 nitrogen and oxygen atoms in total. The minimum Gasteiger partial charge on any atom is -0.494 e. The van der Waals surface area contributed by atoms with Gasteiger partial charge in [0.1, 0.15) is 11.5 Å². The van der Waals surface area contributed by atoms with E-state index in [0.717, 1.165) is 47.3 Å². The highest BCUT2D eigenvalue weighted by atomic mass is 32.2. The first-order chi connectivity index (χ1) is 17.7. The van der Waals surface area contributed by atoms with Crippen LogP contribution in [0.3, 0.4) is 0 Å². The Balaban J connectivity index is 1.61. The lowest BCUT2D eigenvalue weighted by Gasteiger charge is -2.09. The van der Waals surface area contributed by atoms with Crippen molar-refractivity contribution in [2.45, 2.75) is 126 Å². The summed E-state index contributed by atoms with van der Waals surface area (Å²) in [6.45, 7) is 6.01. The normalized spacial score (nSPS) is 11.2.